The van der Waals surface area contributed by atoms with Crippen LogP contribution in [0.2, 0.25) is 0 Å². The molecule has 0 fully saturated rings. The Balaban J connectivity index is 2.85. The minimum atomic E-state index is -0.493. The third-order valence-electron chi connectivity index (χ3n) is 2.81. The SMILES string of the molecule is CC(C)(C)n1ccc(=O)c2cc([N+](=O)[O-])ccc21. The zero-order valence-electron chi connectivity index (χ0n) is 10.5. The molecule has 94 valence electrons. The molecule has 0 N–H and O–H groups in total. The summed E-state index contributed by atoms with van der Waals surface area (Å²) in [5.74, 6) is 0. The molecule has 0 amide bonds. The van der Waals surface area contributed by atoms with E-state index in [4.69, 9.17) is 0 Å². The average Bonchev–Trinajstić information content (AvgIpc) is 2.27. The average molecular weight is 246 g/mol. The van der Waals surface area contributed by atoms with Gasteiger partial charge in [0.1, 0.15) is 0 Å². The summed E-state index contributed by atoms with van der Waals surface area (Å²) in [6.07, 6.45) is 1.72. The van der Waals surface area contributed by atoms with Crippen LogP contribution in [0.1, 0.15) is 20.8 Å². The summed E-state index contributed by atoms with van der Waals surface area (Å²) in [6, 6.07) is 5.82. The lowest BCUT2D eigenvalue weighted by Gasteiger charge is -2.25. The molecule has 0 atom stereocenters. The number of rotatable bonds is 1. The van der Waals surface area contributed by atoms with E-state index in [1.165, 1.54) is 18.2 Å². The van der Waals surface area contributed by atoms with Gasteiger partial charge in [-0.3, -0.25) is 14.9 Å². The molecule has 0 aliphatic carbocycles. The third kappa shape index (κ3) is 1.99. The van der Waals surface area contributed by atoms with Crippen LogP contribution in [-0.4, -0.2) is 9.49 Å². The Morgan fingerprint density at radius 1 is 1.22 bits per heavy atom. The molecular formula is C13H14N2O3. The lowest BCUT2D eigenvalue weighted by atomic mass is 10.1. The number of hydrogen-bond acceptors (Lipinski definition) is 3. The molecule has 5 heteroatoms. The van der Waals surface area contributed by atoms with Gasteiger partial charge in [-0.15, -0.1) is 0 Å². The van der Waals surface area contributed by atoms with Gasteiger partial charge in [-0.2, -0.15) is 0 Å². The number of fused-ring (bicyclic) bond motifs is 1. The predicted molar refractivity (Wildman–Crippen MR) is 69.9 cm³/mol. The van der Waals surface area contributed by atoms with Crippen LogP contribution in [0.5, 0.6) is 0 Å². The number of non-ortho nitro benzene ring substituents is 1. The van der Waals surface area contributed by atoms with Gasteiger partial charge >= 0.3 is 0 Å². The Hall–Kier alpha value is -2.17. The maximum atomic E-state index is 11.8. The molecule has 0 saturated heterocycles. The molecule has 0 spiro atoms. The molecular weight excluding hydrogens is 232 g/mol. The quantitative estimate of drug-likeness (QED) is 0.574. The maximum absolute atomic E-state index is 11.8. The maximum Gasteiger partial charge on any atom is 0.270 e. The van der Waals surface area contributed by atoms with Crippen LogP contribution in [0, 0.1) is 10.1 Å². The van der Waals surface area contributed by atoms with Crippen LogP contribution < -0.4 is 5.43 Å². The first-order valence-electron chi connectivity index (χ1n) is 5.61. The first kappa shape index (κ1) is 12.3. The van der Waals surface area contributed by atoms with Crippen molar-refractivity contribution in [1.29, 1.82) is 0 Å². The molecule has 0 unspecified atom stereocenters. The minimum Gasteiger partial charge on any atom is -0.342 e. The highest BCUT2D eigenvalue weighted by Crippen LogP contribution is 2.23. The number of nitro groups is 1. The monoisotopic (exact) mass is 246 g/mol. The van der Waals surface area contributed by atoms with E-state index in [-0.39, 0.29) is 16.7 Å². The lowest BCUT2D eigenvalue weighted by Crippen LogP contribution is -2.24. The number of nitro benzene ring substituents is 1. The first-order chi connectivity index (χ1) is 8.30. The fraction of sp³-hybridized carbons (Fsp3) is 0.308. The van der Waals surface area contributed by atoms with Crippen molar-refractivity contribution in [2.24, 2.45) is 0 Å². The number of aromatic nitrogens is 1. The van der Waals surface area contributed by atoms with Gasteiger partial charge in [-0.1, -0.05) is 0 Å². The smallest absolute Gasteiger partial charge is 0.270 e. The van der Waals surface area contributed by atoms with Crippen LogP contribution in [0.15, 0.2) is 35.3 Å². The molecule has 0 aliphatic rings. The summed E-state index contributed by atoms with van der Waals surface area (Å²) < 4.78 is 1.94. The second-order valence-electron chi connectivity index (χ2n) is 5.18. The van der Waals surface area contributed by atoms with E-state index in [0.717, 1.165) is 0 Å². The highest BCUT2D eigenvalue weighted by molar-refractivity contribution is 5.81. The molecule has 1 aromatic carbocycles. The topological polar surface area (TPSA) is 65.1 Å². The summed E-state index contributed by atoms with van der Waals surface area (Å²) in [5.41, 5.74) is 0.253. The van der Waals surface area contributed by atoms with Gasteiger partial charge < -0.3 is 4.57 Å². The lowest BCUT2D eigenvalue weighted by molar-refractivity contribution is -0.384. The Morgan fingerprint density at radius 3 is 2.44 bits per heavy atom. The molecule has 0 radical (unpaired) electrons. The second kappa shape index (κ2) is 3.94. The van der Waals surface area contributed by atoms with Crippen LogP contribution in [0.4, 0.5) is 5.69 Å². The van der Waals surface area contributed by atoms with E-state index in [9.17, 15) is 14.9 Å². The fourth-order valence-electron chi connectivity index (χ4n) is 1.94. The zero-order valence-corrected chi connectivity index (χ0v) is 10.5. The van der Waals surface area contributed by atoms with Crippen LogP contribution in [0.25, 0.3) is 10.9 Å². The summed E-state index contributed by atoms with van der Waals surface area (Å²) in [4.78, 5) is 22.0. The molecule has 1 aromatic heterocycles. The van der Waals surface area contributed by atoms with Crippen molar-refractivity contribution in [3.05, 3.63) is 50.8 Å². The summed E-state index contributed by atoms with van der Waals surface area (Å²) in [6.45, 7) is 6.04. The van der Waals surface area contributed by atoms with E-state index in [1.807, 2.05) is 25.3 Å². The highest BCUT2D eigenvalue weighted by atomic mass is 16.6. The van der Waals surface area contributed by atoms with Crippen LogP contribution in [-0.2, 0) is 5.54 Å². The van der Waals surface area contributed by atoms with Crippen molar-refractivity contribution in [2.45, 2.75) is 26.3 Å². The Labute approximate surface area is 104 Å². The normalized spacial score (nSPS) is 11.7. The molecule has 0 bridgehead atoms. The second-order valence-corrected chi connectivity index (χ2v) is 5.18. The Bertz CT molecular complexity index is 681. The summed E-state index contributed by atoms with van der Waals surface area (Å²) in [7, 11) is 0. The van der Waals surface area contributed by atoms with Crippen molar-refractivity contribution >= 4 is 16.6 Å². The molecule has 2 aromatic rings. The first-order valence-corrected chi connectivity index (χ1v) is 5.61. The number of nitrogens with zero attached hydrogens (tertiary/aromatic N) is 2. The van der Waals surface area contributed by atoms with Gasteiger partial charge in [-0.25, -0.2) is 0 Å². The van der Waals surface area contributed by atoms with Crippen molar-refractivity contribution in [3.8, 4) is 0 Å². The number of hydrogen-bond donors (Lipinski definition) is 0. The van der Waals surface area contributed by atoms with Gasteiger partial charge in [0.25, 0.3) is 5.69 Å². The van der Waals surface area contributed by atoms with E-state index >= 15 is 0 Å². The third-order valence-corrected chi connectivity index (χ3v) is 2.81. The summed E-state index contributed by atoms with van der Waals surface area (Å²) >= 11 is 0. The fourth-order valence-corrected chi connectivity index (χ4v) is 1.94. The van der Waals surface area contributed by atoms with Gasteiger partial charge in [0, 0.05) is 29.9 Å². The number of benzene rings is 1. The summed E-state index contributed by atoms with van der Waals surface area (Å²) in [5, 5.41) is 11.1. The van der Waals surface area contributed by atoms with Gasteiger partial charge in [0.05, 0.1) is 15.8 Å². The van der Waals surface area contributed by atoms with Gasteiger partial charge in [0.2, 0.25) is 0 Å². The standard InChI is InChI=1S/C13H14N2O3/c1-13(2,3)14-7-6-12(16)10-8-9(15(17)18)4-5-11(10)14/h4-8H,1-3H3. The minimum absolute atomic E-state index is 0.0636. The molecule has 0 aliphatic heterocycles. The molecule has 2 rings (SSSR count). The number of pyridine rings is 1. The molecule has 5 nitrogen and oxygen atoms in total. The molecule has 0 saturated carbocycles. The highest BCUT2D eigenvalue weighted by Gasteiger charge is 2.16. The molecule has 18 heavy (non-hydrogen) atoms. The van der Waals surface area contributed by atoms with Crippen LogP contribution in [0.3, 0.4) is 0 Å². The van der Waals surface area contributed by atoms with Crippen molar-refractivity contribution in [2.75, 3.05) is 0 Å². The predicted octanol–water partition coefficient (Wildman–Crippen LogP) is 2.66. The van der Waals surface area contributed by atoms with E-state index < -0.39 is 4.92 Å². The van der Waals surface area contributed by atoms with Gasteiger partial charge in [0.15, 0.2) is 5.43 Å². The molecule has 1 heterocycles. The Morgan fingerprint density at radius 2 is 1.89 bits per heavy atom. The van der Waals surface area contributed by atoms with E-state index in [0.29, 0.717) is 10.9 Å². The van der Waals surface area contributed by atoms with E-state index in [1.54, 1.807) is 12.3 Å². The Kier molecular flexibility index (Phi) is 2.69. The van der Waals surface area contributed by atoms with Gasteiger partial charge in [-0.05, 0) is 26.8 Å². The van der Waals surface area contributed by atoms with Crippen molar-refractivity contribution in [3.63, 3.8) is 0 Å². The largest absolute Gasteiger partial charge is 0.342 e. The van der Waals surface area contributed by atoms with Crippen molar-refractivity contribution in [1.82, 2.24) is 4.57 Å². The van der Waals surface area contributed by atoms with E-state index in [2.05, 4.69) is 0 Å². The van der Waals surface area contributed by atoms with Crippen LogP contribution >= 0.6 is 0 Å². The zero-order chi connectivity index (χ0) is 13.5. The van der Waals surface area contributed by atoms with Crippen molar-refractivity contribution < 1.29 is 4.92 Å².